The van der Waals surface area contributed by atoms with Crippen LogP contribution in [-0.2, 0) is 11.3 Å². The first-order chi connectivity index (χ1) is 16.5. The van der Waals surface area contributed by atoms with E-state index in [-0.39, 0.29) is 0 Å². The molecule has 1 aliphatic heterocycles. The molecule has 1 amide bonds. The number of para-hydroxylation sites is 1. The Bertz CT molecular complexity index is 1330. The third kappa shape index (κ3) is 4.03. The SMILES string of the molecule is COc1ccc(-n2nnnc2CN2CCN(C(=O)C(=O)c3c(C)[nH]c4ccccc34)CC2)cc1. The molecule has 10 nitrogen and oxygen atoms in total. The molecule has 10 heteroatoms. The van der Waals surface area contributed by atoms with Crippen LogP contribution < -0.4 is 4.74 Å². The molecule has 34 heavy (non-hydrogen) atoms. The molecular formula is C24H25N7O3. The molecule has 3 heterocycles. The number of tetrazole rings is 1. The van der Waals surface area contributed by atoms with Crippen LogP contribution in [0.4, 0.5) is 0 Å². The van der Waals surface area contributed by atoms with Gasteiger partial charge in [-0.2, -0.15) is 4.68 Å². The largest absolute Gasteiger partial charge is 0.497 e. The number of amides is 1. The van der Waals surface area contributed by atoms with Crippen molar-refractivity contribution in [3.8, 4) is 11.4 Å². The second-order valence-electron chi connectivity index (χ2n) is 8.27. The Labute approximate surface area is 196 Å². The van der Waals surface area contributed by atoms with Crippen LogP contribution in [0.5, 0.6) is 5.75 Å². The van der Waals surface area contributed by atoms with Crippen molar-refractivity contribution < 1.29 is 14.3 Å². The molecule has 0 aliphatic carbocycles. The van der Waals surface area contributed by atoms with Crippen molar-refractivity contribution in [2.24, 2.45) is 0 Å². The average Bonchev–Trinajstić information content (AvgIpc) is 3.47. The Kier molecular flexibility index (Phi) is 5.81. The lowest BCUT2D eigenvalue weighted by atomic mass is 10.1. The number of aromatic nitrogens is 5. The van der Waals surface area contributed by atoms with Crippen LogP contribution in [0, 0.1) is 6.92 Å². The second kappa shape index (κ2) is 9.06. The van der Waals surface area contributed by atoms with E-state index in [2.05, 4.69) is 25.4 Å². The van der Waals surface area contributed by atoms with Crippen LogP contribution in [-0.4, -0.2) is 80.0 Å². The van der Waals surface area contributed by atoms with Crippen LogP contribution in [0.15, 0.2) is 48.5 Å². The number of carbonyl (C=O) groups is 2. The first-order valence-electron chi connectivity index (χ1n) is 11.1. The number of methoxy groups -OCH3 is 1. The van der Waals surface area contributed by atoms with Gasteiger partial charge >= 0.3 is 0 Å². The van der Waals surface area contributed by atoms with Crippen molar-refractivity contribution >= 4 is 22.6 Å². The van der Waals surface area contributed by atoms with Crippen LogP contribution in [0.3, 0.4) is 0 Å². The van der Waals surface area contributed by atoms with Gasteiger partial charge in [0.15, 0.2) is 5.82 Å². The van der Waals surface area contributed by atoms with Gasteiger partial charge in [0.1, 0.15) is 5.75 Å². The van der Waals surface area contributed by atoms with E-state index >= 15 is 0 Å². The van der Waals surface area contributed by atoms with Gasteiger partial charge in [-0.1, -0.05) is 18.2 Å². The summed E-state index contributed by atoms with van der Waals surface area (Å²) >= 11 is 0. The number of nitrogens with one attached hydrogen (secondary N) is 1. The molecule has 2 aromatic carbocycles. The Morgan fingerprint density at radius 1 is 1.03 bits per heavy atom. The summed E-state index contributed by atoms with van der Waals surface area (Å²) in [6, 6.07) is 15.1. The standard InChI is InChI=1S/C24H25N7O3/c1-16-22(19-5-3-4-6-20(19)25-16)23(32)24(33)30-13-11-29(12-14-30)15-21-26-27-28-31(21)17-7-9-18(34-2)10-8-17/h3-10,25H,11-15H2,1-2H3. The summed E-state index contributed by atoms with van der Waals surface area (Å²) in [5.74, 6) is 0.536. The minimum atomic E-state index is -0.466. The molecule has 0 unspecified atom stereocenters. The smallest absolute Gasteiger partial charge is 0.295 e. The maximum atomic E-state index is 13.1. The first-order valence-corrected chi connectivity index (χ1v) is 11.1. The molecule has 0 atom stereocenters. The summed E-state index contributed by atoms with van der Waals surface area (Å²) in [6.07, 6.45) is 0. The molecule has 0 spiro atoms. The number of rotatable bonds is 6. The third-order valence-corrected chi connectivity index (χ3v) is 6.19. The Hall–Kier alpha value is -4.05. The fourth-order valence-electron chi connectivity index (χ4n) is 4.36. The van der Waals surface area contributed by atoms with Gasteiger partial charge in [0.05, 0.1) is 24.9 Å². The molecule has 1 N–H and O–H groups in total. The molecule has 0 bridgehead atoms. The highest BCUT2D eigenvalue weighted by Crippen LogP contribution is 2.23. The zero-order valence-electron chi connectivity index (χ0n) is 19.1. The summed E-state index contributed by atoms with van der Waals surface area (Å²) in [7, 11) is 1.62. The van der Waals surface area contributed by atoms with E-state index in [4.69, 9.17) is 4.74 Å². The number of ether oxygens (including phenoxy) is 1. The van der Waals surface area contributed by atoms with Gasteiger partial charge in [-0.05, 0) is 47.7 Å². The van der Waals surface area contributed by atoms with E-state index in [1.54, 1.807) is 16.7 Å². The number of carbonyl (C=O) groups excluding carboxylic acids is 2. The van der Waals surface area contributed by atoms with Gasteiger partial charge in [-0.3, -0.25) is 14.5 Å². The topological polar surface area (TPSA) is 109 Å². The highest BCUT2D eigenvalue weighted by molar-refractivity contribution is 6.45. The second-order valence-corrected chi connectivity index (χ2v) is 8.27. The van der Waals surface area contributed by atoms with E-state index in [9.17, 15) is 9.59 Å². The van der Waals surface area contributed by atoms with E-state index < -0.39 is 11.7 Å². The number of piperazine rings is 1. The van der Waals surface area contributed by atoms with Crippen LogP contribution >= 0.6 is 0 Å². The van der Waals surface area contributed by atoms with Crippen molar-refractivity contribution in [2.45, 2.75) is 13.5 Å². The molecule has 1 saturated heterocycles. The number of nitrogens with zero attached hydrogens (tertiary/aromatic N) is 6. The van der Waals surface area contributed by atoms with Crippen molar-refractivity contribution in [3.63, 3.8) is 0 Å². The fraction of sp³-hybridized carbons (Fsp3) is 0.292. The van der Waals surface area contributed by atoms with Gasteiger partial charge in [-0.15, -0.1) is 5.10 Å². The van der Waals surface area contributed by atoms with Crippen molar-refractivity contribution in [3.05, 3.63) is 65.6 Å². The zero-order valence-corrected chi connectivity index (χ0v) is 19.1. The summed E-state index contributed by atoms with van der Waals surface area (Å²) in [5.41, 5.74) is 2.87. The fourth-order valence-corrected chi connectivity index (χ4v) is 4.36. The molecule has 4 aromatic rings. The maximum Gasteiger partial charge on any atom is 0.295 e. The molecular weight excluding hydrogens is 434 g/mol. The monoisotopic (exact) mass is 459 g/mol. The predicted octanol–water partition coefficient (Wildman–Crippen LogP) is 1.99. The molecule has 5 rings (SSSR count). The number of ketones is 1. The summed E-state index contributed by atoms with van der Waals surface area (Å²) in [4.78, 5) is 33.1. The molecule has 1 aliphatic rings. The highest BCUT2D eigenvalue weighted by atomic mass is 16.5. The normalized spacial score (nSPS) is 14.5. The molecule has 2 aromatic heterocycles. The van der Waals surface area contributed by atoms with Crippen molar-refractivity contribution in [2.75, 3.05) is 33.3 Å². The number of H-pyrrole nitrogens is 1. The number of benzene rings is 2. The number of fused-ring (bicyclic) bond motifs is 1. The Morgan fingerprint density at radius 3 is 2.50 bits per heavy atom. The zero-order chi connectivity index (χ0) is 23.7. The average molecular weight is 460 g/mol. The molecule has 1 fully saturated rings. The van der Waals surface area contributed by atoms with E-state index in [1.165, 1.54) is 0 Å². The highest BCUT2D eigenvalue weighted by Gasteiger charge is 2.30. The minimum absolute atomic E-state index is 0.460. The van der Waals surface area contributed by atoms with E-state index in [1.807, 2.05) is 55.5 Å². The molecule has 0 saturated carbocycles. The van der Waals surface area contributed by atoms with Gasteiger partial charge in [0, 0.05) is 42.8 Å². The van der Waals surface area contributed by atoms with Crippen LogP contribution in [0.1, 0.15) is 21.9 Å². The number of hydrogen-bond donors (Lipinski definition) is 1. The number of aryl methyl sites for hydroxylation is 1. The summed E-state index contributed by atoms with van der Waals surface area (Å²) in [6.45, 7) is 4.55. The third-order valence-electron chi connectivity index (χ3n) is 6.19. The van der Waals surface area contributed by atoms with Crippen molar-refractivity contribution in [1.29, 1.82) is 0 Å². The minimum Gasteiger partial charge on any atom is -0.497 e. The number of aromatic amines is 1. The van der Waals surface area contributed by atoms with Gasteiger partial charge in [-0.25, -0.2) is 0 Å². The summed E-state index contributed by atoms with van der Waals surface area (Å²) in [5, 5.41) is 12.9. The molecule has 0 radical (unpaired) electrons. The quantitative estimate of drug-likeness (QED) is 0.347. The van der Waals surface area contributed by atoms with Gasteiger partial charge in [0.25, 0.3) is 11.7 Å². The van der Waals surface area contributed by atoms with Crippen LogP contribution in [0.2, 0.25) is 0 Å². The molecule has 174 valence electrons. The Morgan fingerprint density at radius 2 is 1.76 bits per heavy atom. The summed E-state index contributed by atoms with van der Waals surface area (Å²) < 4.78 is 6.90. The lowest BCUT2D eigenvalue weighted by Crippen LogP contribution is -2.50. The lowest BCUT2D eigenvalue weighted by molar-refractivity contribution is -0.128. The van der Waals surface area contributed by atoms with E-state index in [0.717, 1.165) is 22.3 Å². The Balaban J connectivity index is 1.23. The van der Waals surface area contributed by atoms with E-state index in [0.29, 0.717) is 49.8 Å². The van der Waals surface area contributed by atoms with Crippen molar-refractivity contribution in [1.82, 2.24) is 35.0 Å². The maximum absolute atomic E-state index is 13.1. The number of Topliss-reactive ketones (excluding diaryl/α,β-unsaturated/α-hetero) is 1. The van der Waals surface area contributed by atoms with Crippen LogP contribution in [0.25, 0.3) is 16.6 Å². The first kappa shape index (κ1) is 21.8. The number of hydrogen-bond acceptors (Lipinski definition) is 7. The lowest BCUT2D eigenvalue weighted by Gasteiger charge is -2.34. The van der Waals surface area contributed by atoms with Gasteiger partial charge < -0.3 is 14.6 Å². The van der Waals surface area contributed by atoms with Gasteiger partial charge in [0.2, 0.25) is 0 Å². The predicted molar refractivity (Wildman–Crippen MR) is 125 cm³/mol.